The van der Waals surface area contributed by atoms with Crippen molar-refractivity contribution in [1.82, 2.24) is 10.3 Å². The summed E-state index contributed by atoms with van der Waals surface area (Å²) < 4.78 is 37.2. The van der Waals surface area contributed by atoms with Gasteiger partial charge in [0.2, 0.25) is 0 Å². The van der Waals surface area contributed by atoms with Crippen LogP contribution in [0, 0.1) is 0 Å². The third-order valence-electron chi connectivity index (χ3n) is 3.72. The zero-order valence-electron chi connectivity index (χ0n) is 12.9. The highest BCUT2D eigenvalue weighted by molar-refractivity contribution is 5.78. The van der Waals surface area contributed by atoms with E-state index in [4.69, 9.17) is 5.73 Å². The number of aromatic nitrogens is 1. The SMILES string of the molecule is NC(=NCCCNc1ccc(C(F)(F)F)cn1)NC1CCCC1. The maximum atomic E-state index is 12.4. The predicted octanol–water partition coefficient (Wildman–Crippen LogP) is 2.75. The number of anilines is 1. The van der Waals surface area contributed by atoms with Crippen LogP contribution in [-0.4, -0.2) is 30.1 Å². The lowest BCUT2D eigenvalue weighted by molar-refractivity contribution is -0.137. The molecule has 5 nitrogen and oxygen atoms in total. The van der Waals surface area contributed by atoms with Crippen molar-refractivity contribution in [2.75, 3.05) is 18.4 Å². The Bertz CT molecular complexity index is 507. The normalized spacial score (nSPS) is 16.6. The van der Waals surface area contributed by atoms with Crippen molar-refractivity contribution in [1.29, 1.82) is 0 Å². The Labute approximate surface area is 133 Å². The second-order valence-corrected chi connectivity index (χ2v) is 5.60. The molecule has 0 aromatic carbocycles. The van der Waals surface area contributed by atoms with E-state index in [0.717, 1.165) is 31.5 Å². The molecule has 0 atom stereocenters. The van der Waals surface area contributed by atoms with Gasteiger partial charge < -0.3 is 16.4 Å². The number of hydrogen-bond donors (Lipinski definition) is 3. The molecule has 23 heavy (non-hydrogen) atoms. The first kappa shape index (κ1) is 17.4. The van der Waals surface area contributed by atoms with Gasteiger partial charge in [0.15, 0.2) is 5.96 Å². The summed E-state index contributed by atoms with van der Waals surface area (Å²) in [5, 5.41) is 6.16. The number of nitrogens with one attached hydrogen (secondary N) is 2. The fraction of sp³-hybridized carbons (Fsp3) is 0.600. The molecule has 4 N–H and O–H groups in total. The third kappa shape index (κ3) is 5.96. The summed E-state index contributed by atoms with van der Waals surface area (Å²) in [6, 6.07) is 2.77. The van der Waals surface area contributed by atoms with Crippen molar-refractivity contribution < 1.29 is 13.2 Å². The Morgan fingerprint density at radius 1 is 1.30 bits per heavy atom. The van der Waals surface area contributed by atoms with Crippen molar-refractivity contribution in [2.45, 2.75) is 44.3 Å². The standard InChI is InChI=1S/C15H22F3N5/c16-15(17,18)11-6-7-13(22-10-11)20-8-3-9-21-14(19)23-12-4-1-2-5-12/h6-7,10,12H,1-5,8-9H2,(H,20,22)(H3,19,21,23). The average molecular weight is 329 g/mol. The second-order valence-electron chi connectivity index (χ2n) is 5.60. The molecule has 0 amide bonds. The van der Waals surface area contributed by atoms with Crippen LogP contribution in [0.5, 0.6) is 0 Å². The number of pyridine rings is 1. The number of guanidine groups is 1. The van der Waals surface area contributed by atoms with E-state index >= 15 is 0 Å². The van der Waals surface area contributed by atoms with Gasteiger partial charge in [0.25, 0.3) is 0 Å². The number of alkyl halides is 3. The van der Waals surface area contributed by atoms with Gasteiger partial charge >= 0.3 is 6.18 Å². The lowest BCUT2D eigenvalue weighted by Gasteiger charge is -2.12. The van der Waals surface area contributed by atoms with Gasteiger partial charge in [-0.15, -0.1) is 0 Å². The average Bonchev–Trinajstić information content (AvgIpc) is 2.99. The van der Waals surface area contributed by atoms with E-state index in [1.54, 1.807) is 0 Å². The highest BCUT2D eigenvalue weighted by atomic mass is 19.4. The molecule has 0 unspecified atom stereocenters. The third-order valence-corrected chi connectivity index (χ3v) is 3.72. The molecular formula is C15H22F3N5. The molecule has 1 aromatic heterocycles. The lowest BCUT2D eigenvalue weighted by atomic mass is 10.2. The molecule has 2 rings (SSSR count). The van der Waals surface area contributed by atoms with E-state index in [1.165, 1.54) is 18.9 Å². The van der Waals surface area contributed by atoms with Crippen molar-refractivity contribution >= 4 is 11.8 Å². The van der Waals surface area contributed by atoms with Gasteiger partial charge in [0, 0.05) is 25.3 Å². The Morgan fingerprint density at radius 3 is 2.65 bits per heavy atom. The molecule has 128 valence electrons. The summed E-state index contributed by atoms with van der Waals surface area (Å²) in [5.41, 5.74) is 5.05. The zero-order chi connectivity index (χ0) is 16.7. The van der Waals surface area contributed by atoms with E-state index in [9.17, 15) is 13.2 Å². The number of hydrogen-bond acceptors (Lipinski definition) is 3. The van der Waals surface area contributed by atoms with E-state index in [1.807, 2.05) is 0 Å². The minimum atomic E-state index is -4.36. The highest BCUT2D eigenvalue weighted by Crippen LogP contribution is 2.28. The lowest BCUT2D eigenvalue weighted by Crippen LogP contribution is -2.38. The Morgan fingerprint density at radius 2 is 2.04 bits per heavy atom. The van der Waals surface area contributed by atoms with Gasteiger partial charge in [0.1, 0.15) is 5.82 Å². The molecule has 8 heteroatoms. The summed E-state index contributed by atoms with van der Waals surface area (Å²) in [4.78, 5) is 7.98. The molecule has 1 aliphatic carbocycles. The molecule has 0 bridgehead atoms. The van der Waals surface area contributed by atoms with Crippen LogP contribution in [-0.2, 0) is 6.18 Å². The molecule has 1 fully saturated rings. The minimum Gasteiger partial charge on any atom is -0.370 e. The molecular weight excluding hydrogens is 307 g/mol. The topological polar surface area (TPSA) is 75.3 Å². The maximum Gasteiger partial charge on any atom is 0.417 e. The Hall–Kier alpha value is -1.99. The first-order valence-corrected chi connectivity index (χ1v) is 7.79. The summed E-state index contributed by atoms with van der Waals surface area (Å²) in [7, 11) is 0. The van der Waals surface area contributed by atoms with Gasteiger partial charge in [-0.1, -0.05) is 12.8 Å². The number of halogens is 3. The molecule has 1 aliphatic rings. The van der Waals surface area contributed by atoms with E-state index < -0.39 is 11.7 Å². The molecule has 0 spiro atoms. The molecule has 1 aromatic rings. The fourth-order valence-corrected chi connectivity index (χ4v) is 2.49. The second kappa shape index (κ2) is 8.03. The van der Waals surface area contributed by atoms with Crippen LogP contribution in [0.1, 0.15) is 37.7 Å². The summed E-state index contributed by atoms with van der Waals surface area (Å²) in [6.07, 6.45) is 1.92. The van der Waals surface area contributed by atoms with Crippen LogP contribution < -0.4 is 16.4 Å². The zero-order valence-corrected chi connectivity index (χ0v) is 12.9. The van der Waals surface area contributed by atoms with Crippen LogP contribution in [0.15, 0.2) is 23.3 Å². The van der Waals surface area contributed by atoms with Crippen molar-refractivity contribution in [2.24, 2.45) is 10.7 Å². The summed E-state index contributed by atoms with van der Waals surface area (Å²) in [5.74, 6) is 0.878. The van der Waals surface area contributed by atoms with E-state index in [-0.39, 0.29) is 0 Å². The van der Waals surface area contributed by atoms with Gasteiger partial charge in [-0.2, -0.15) is 13.2 Å². The maximum absolute atomic E-state index is 12.4. The van der Waals surface area contributed by atoms with Crippen molar-refractivity contribution in [3.05, 3.63) is 23.9 Å². The quantitative estimate of drug-likeness (QED) is 0.426. The number of rotatable bonds is 6. The summed E-state index contributed by atoms with van der Waals surface area (Å²) in [6.45, 7) is 1.12. The number of nitrogens with zero attached hydrogens (tertiary/aromatic N) is 2. The van der Waals surface area contributed by atoms with Gasteiger partial charge in [0.05, 0.1) is 5.56 Å². The molecule has 0 saturated heterocycles. The van der Waals surface area contributed by atoms with Crippen molar-refractivity contribution in [3.8, 4) is 0 Å². The minimum absolute atomic E-state index is 0.416. The van der Waals surface area contributed by atoms with Gasteiger partial charge in [-0.25, -0.2) is 4.98 Å². The first-order chi connectivity index (χ1) is 10.9. The largest absolute Gasteiger partial charge is 0.417 e. The monoisotopic (exact) mass is 329 g/mol. The van der Waals surface area contributed by atoms with Gasteiger partial charge in [-0.05, 0) is 31.4 Å². The fourth-order valence-electron chi connectivity index (χ4n) is 2.49. The van der Waals surface area contributed by atoms with Crippen molar-refractivity contribution in [3.63, 3.8) is 0 Å². The molecule has 1 heterocycles. The Balaban J connectivity index is 1.65. The van der Waals surface area contributed by atoms with Crippen LogP contribution in [0.2, 0.25) is 0 Å². The first-order valence-electron chi connectivity index (χ1n) is 7.79. The highest BCUT2D eigenvalue weighted by Gasteiger charge is 2.30. The van der Waals surface area contributed by atoms with Crippen LogP contribution in [0.4, 0.5) is 19.0 Å². The summed E-state index contributed by atoms with van der Waals surface area (Å²) >= 11 is 0. The smallest absolute Gasteiger partial charge is 0.370 e. The van der Waals surface area contributed by atoms with Crippen LogP contribution in [0.3, 0.4) is 0 Å². The van der Waals surface area contributed by atoms with Gasteiger partial charge in [-0.3, -0.25) is 4.99 Å². The van der Waals surface area contributed by atoms with E-state index in [0.29, 0.717) is 30.9 Å². The van der Waals surface area contributed by atoms with Crippen LogP contribution >= 0.6 is 0 Å². The van der Waals surface area contributed by atoms with E-state index in [2.05, 4.69) is 20.6 Å². The number of aliphatic imine (C=N–C) groups is 1. The molecule has 0 aliphatic heterocycles. The Kier molecular flexibility index (Phi) is 6.06. The predicted molar refractivity (Wildman–Crippen MR) is 84.2 cm³/mol. The van der Waals surface area contributed by atoms with Crippen LogP contribution in [0.25, 0.3) is 0 Å². The molecule has 1 saturated carbocycles. The number of nitrogens with two attached hydrogens (primary N) is 1. The molecule has 0 radical (unpaired) electrons.